The zero-order valence-electron chi connectivity index (χ0n) is 16.4. The van der Waals surface area contributed by atoms with Gasteiger partial charge in [0.15, 0.2) is 0 Å². The zero-order valence-corrected chi connectivity index (χ0v) is 17.2. The van der Waals surface area contributed by atoms with Crippen molar-refractivity contribution in [1.29, 1.82) is 0 Å². The Morgan fingerprint density at radius 2 is 1.69 bits per heavy atom. The lowest BCUT2D eigenvalue weighted by Gasteiger charge is -2.34. The number of rotatable bonds is 5. The molecule has 5 nitrogen and oxygen atoms in total. The topological polar surface area (TPSA) is 66.5 Å². The Balaban J connectivity index is 1.79. The largest absolute Gasteiger partial charge is 0.348 e. The van der Waals surface area contributed by atoms with E-state index in [0.717, 1.165) is 18.6 Å². The van der Waals surface area contributed by atoms with Crippen LogP contribution in [0.15, 0.2) is 47.4 Å². The lowest BCUT2D eigenvalue weighted by molar-refractivity contribution is 0.0946. The molecule has 8 heteroatoms. The lowest BCUT2D eigenvalue weighted by atomic mass is 9.94. The molecule has 0 spiro atoms. The van der Waals surface area contributed by atoms with Crippen LogP contribution in [0.5, 0.6) is 0 Å². The van der Waals surface area contributed by atoms with Gasteiger partial charge in [-0.05, 0) is 54.2 Å². The number of carbonyl (C=O) groups excluding carboxylic acids is 1. The molecule has 1 heterocycles. The van der Waals surface area contributed by atoms with Crippen LogP contribution in [0.2, 0.25) is 0 Å². The molecule has 1 saturated heterocycles. The number of halogens is 2. The summed E-state index contributed by atoms with van der Waals surface area (Å²) in [5, 5.41) is 2.54. The average molecular weight is 422 g/mol. The van der Waals surface area contributed by atoms with Gasteiger partial charge in [-0.15, -0.1) is 0 Å². The summed E-state index contributed by atoms with van der Waals surface area (Å²) in [5.41, 5.74) is 0.298. The summed E-state index contributed by atoms with van der Waals surface area (Å²) in [6.07, 6.45) is 0.951. The van der Waals surface area contributed by atoms with E-state index in [1.807, 2.05) is 13.8 Å². The minimum Gasteiger partial charge on any atom is -0.348 e. The second-order valence-electron chi connectivity index (χ2n) is 7.72. The Morgan fingerprint density at radius 1 is 1.07 bits per heavy atom. The van der Waals surface area contributed by atoms with Gasteiger partial charge < -0.3 is 5.32 Å². The quantitative estimate of drug-likeness (QED) is 0.801. The predicted octanol–water partition coefficient (Wildman–Crippen LogP) is 3.56. The van der Waals surface area contributed by atoms with Crippen LogP contribution in [-0.4, -0.2) is 31.7 Å². The maximum atomic E-state index is 14.2. The first-order valence-electron chi connectivity index (χ1n) is 9.49. The molecular formula is C21H24F2N2O3S. The van der Waals surface area contributed by atoms with E-state index < -0.39 is 27.6 Å². The van der Waals surface area contributed by atoms with E-state index >= 15 is 0 Å². The molecule has 0 radical (unpaired) electrons. The number of carbonyl (C=O) groups is 1. The Labute approximate surface area is 169 Å². The summed E-state index contributed by atoms with van der Waals surface area (Å²) in [6, 6.07) is 8.79. The van der Waals surface area contributed by atoms with E-state index in [-0.39, 0.29) is 28.8 Å². The third kappa shape index (κ3) is 5.00. The summed E-state index contributed by atoms with van der Waals surface area (Å²) < 4.78 is 54.6. The van der Waals surface area contributed by atoms with Crippen LogP contribution < -0.4 is 5.32 Å². The monoisotopic (exact) mass is 422 g/mol. The van der Waals surface area contributed by atoms with Gasteiger partial charge in [-0.25, -0.2) is 17.2 Å². The number of amides is 1. The van der Waals surface area contributed by atoms with E-state index in [4.69, 9.17) is 0 Å². The van der Waals surface area contributed by atoms with Crippen LogP contribution in [0.1, 0.15) is 36.2 Å². The van der Waals surface area contributed by atoms with Crippen LogP contribution >= 0.6 is 0 Å². The van der Waals surface area contributed by atoms with Crippen molar-refractivity contribution in [2.75, 3.05) is 13.1 Å². The highest BCUT2D eigenvalue weighted by Gasteiger charge is 2.32. The van der Waals surface area contributed by atoms with E-state index in [0.29, 0.717) is 18.7 Å². The van der Waals surface area contributed by atoms with E-state index in [2.05, 4.69) is 5.32 Å². The highest BCUT2D eigenvalue weighted by Crippen LogP contribution is 2.27. The molecule has 1 amide bonds. The summed E-state index contributed by atoms with van der Waals surface area (Å²) in [4.78, 5) is 12.3. The minimum absolute atomic E-state index is 0.0662. The van der Waals surface area contributed by atoms with Crippen LogP contribution in [-0.2, 0) is 16.6 Å². The summed E-state index contributed by atoms with van der Waals surface area (Å²) in [5.74, 6) is -1.48. The van der Waals surface area contributed by atoms with Gasteiger partial charge in [0.25, 0.3) is 5.91 Å². The van der Waals surface area contributed by atoms with Crippen molar-refractivity contribution >= 4 is 15.9 Å². The van der Waals surface area contributed by atoms with Crippen molar-refractivity contribution < 1.29 is 22.0 Å². The summed E-state index contributed by atoms with van der Waals surface area (Å²) in [7, 11) is -3.83. The maximum Gasteiger partial charge on any atom is 0.254 e. The van der Waals surface area contributed by atoms with Crippen molar-refractivity contribution in [2.45, 2.75) is 31.7 Å². The smallest absolute Gasteiger partial charge is 0.254 e. The molecule has 2 aromatic carbocycles. The molecule has 1 aliphatic heterocycles. The fourth-order valence-corrected chi connectivity index (χ4v) is 5.38. The predicted molar refractivity (Wildman–Crippen MR) is 106 cm³/mol. The van der Waals surface area contributed by atoms with Gasteiger partial charge in [0, 0.05) is 19.6 Å². The van der Waals surface area contributed by atoms with Gasteiger partial charge >= 0.3 is 0 Å². The molecule has 0 aliphatic carbocycles. The lowest BCUT2D eigenvalue weighted by Crippen LogP contribution is -2.42. The van der Waals surface area contributed by atoms with E-state index in [1.165, 1.54) is 34.6 Å². The number of benzene rings is 2. The molecular weight excluding hydrogens is 398 g/mol. The fourth-order valence-electron chi connectivity index (χ4n) is 3.67. The Morgan fingerprint density at radius 3 is 2.31 bits per heavy atom. The fraction of sp³-hybridized carbons (Fsp3) is 0.381. The number of sulfonamides is 1. The van der Waals surface area contributed by atoms with Crippen molar-refractivity contribution in [3.63, 3.8) is 0 Å². The van der Waals surface area contributed by atoms with Crippen molar-refractivity contribution in [1.82, 2.24) is 9.62 Å². The average Bonchev–Trinajstić information content (AvgIpc) is 2.66. The molecule has 0 aromatic heterocycles. The number of hydrogen-bond acceptors (Lipinski definition) is 3. The van der Waals surface area contributed by atoms with Crippen LogP contribution in [0.25, 0.3) is 0 Å². The minimum atomic E-state index is -3.83. The second-order valence-corrected chi connectivity index (χ2v) is 9.66. The normalized spacial score (nSPS) is 20.4. The molecule has 156 valence electrons. The van der Waals surface area contributed by atoms with Crippen LogP contribution in [0, 0.1) is 23.5 Å². The summed E-state index contributed by atoms with van der Waals surface area (Å²) in [6.45, 7) is 4.86. The van der Waals surface area contributed by atoms with Gasteiger partial charge in [-0.2, -0.15) is 4.31 Å². The standard InChI is InChI=1S/C21H24F2N2O3S/c1-14-9-15(2)13-25(12-14)29(27,28)18-7-8-20(23)19(10-18)21(26)24-11-16-3-5-17(22)6-4-16/h3-8,10,14-15H,9,11-13H2,1-2H3,(H,24,26). The molecule has 29 heavy (non-hydrogen) atoms. The third-order valence-electron chi connectivity index (χ3n) is 5.02. The highest BCUT2D eigenvalue weighted by atomic mass is 32.2. The maximum absolute atomic E-state index is 14.2. The number of nitrogens with one attached hydrogen (secondary N) is 1. The Kier molecular flexibility index (Phi) is 6.33. The highest BCUT2D eigenvalue weighted by molar-refractivity contribution is 7.89. The van der Waals surface area contributed by atoms with Crippen molar-refractivity contribution in [3.8, 4) is 0 Å². The number of hydrogen-bond donors (Lipinski definition) is 1. The van der Waals surface area contributed by atoms with Gasteiger partial charge in [0.1, 0.15) is 11.6 Å². The van der Waals surface area contributed by atoms with Gasteiger partial charge in [-0.1, -0.05) is 26.0 Å². The first-order chi connectivity index (χ1) is 13.7. The second kappa shape index (κ2) is 8.59. The van der Waals surface area contributed by atoms with Crippen LogP contribution in [0.4, 0.5) is 8.78 Å². The summed E-state index contributed by atoms with van der Waals surface area (Å²) >= 11 is 0. The number of nitrogens with zero attached hydrogens (tertiary/aromatic N) is 1. The first-order valence-corrected chi connectivity index (χ1v) is 10.9. The molecule has 2 unspecified atom stereocenters. The molecule has 1 aliphatic rings. The van der Waals surface area contributed by atoms with E-state index in [9.17, 15) is 22.0 Å². The molecule has 2 aromatic rings. The molecule has 2 atom stereocenters. The third-order valence-corrected chi connectivity index (χ3v) is 6.85. The number of piperidine rings is 1. The van der Waals surface area contributed by atoms with Gasteiger partial charge in [0.2, 0.25) is 10.0 Å². The molecule has 1 N–H and O–H groups in total. The Bertz CT molecular complexity index is 983. The molecule has 3 rings (SSSR count). The van der Waals surface area contributed by atoms with Gasteiger partial charge in [0.05, 0.1) is 10.5 Å². The SMILES string of the molecule is CC1CC(C)CN(S(=O)(=O)c2ccc(F)c(C(=O)NCc3ccc(F)cc3)c2)C1. The van der Waals surface area contributed by atoms with Crippen LogP contribution in [0.3, 0.4) is 0 Å². The Hall–Kier alpha value is -2.32. The molecule has 0 saturated carbocycles. The molecule has 0 bridgehead atoms. The first kappa shape index (κ1) is 21.4. The zero-order chi connectivity index (χ0) is 21.2. The van der Waals surface area contributed by atoms with Gasteiger partial charge in [-0.3, -0.25) is 4.79 Å². The van der Waals surface area contributed by atoms with Crippen molar-refractivity contribution in [3.05, 3.63) is 65.2 Å². The van der Waals surface area contributed by atoms with E-state index in [1.54, 1.807) is 0 Å². The molecule has 1 fully saturated rings. The van der Waals surface area contributed by atoms with Crippen molar-refractivity contribution in [2.24, 2.45) is 11.8 Å².